The van der Waals surface area contributed by atoms with Crippen molar-refractivity contribution in [2.24, 2.45) is 0 Å². The highest BCUT2D eigenvalue weighted by molar-refractivity contribution is 9.10. The Balaban J connectivity index is 2.11. The molecule has 96 valence electrons. The SMILES string of the molecule is CCNCCc1nnc(-c2ccc(Br)c(F)c2)o1. The van der Waals surface area contributed by atoms with E-state index in [2.05, 4.69) is 31.4 Å². The van der Waals surface area contributed by atoms with Gasteiger partial charge in [-0.1, -0.05) is 6.92 Å². The first-order valence-corrected chi connectivity index (χ1v) is 6.48. The first kappa shape index (κ1) is 13.2. The lowest BCUT2D eigenvalue weighted by Crippen LogP contribution is -2.16. The van der Waals surface area contributed by atoms with Crippen LogP contribution >= 0.6 is 15.9 Å². The van der Waals surface area contributed by atoms with Crippen molar-refractivity contribution in [2.75, 3.05) is 13.1 Å². The number of hydrogen-bond acceptors (Lipinski definition) is 4. The average molecular weight is 314 g/mol. The molecular weight excluding hydrogens is 301 g/mol. The summed E-state index contributed by atoms with van der Waals surface area (Å²) in [6, 6.07) is 4.72. The second kappa shape index (κ2) is 6.06. The summed E-state index contributed by atoms with van der Waals surface area (Å²) in [5, 5.41) is 11.0. The Morgan fingerprint density at radius 2 is 2.22 bits per heavy atom. The fourth-order valence-electron chi connectivity index (χ4n) is 1.47. The van der Waals surface area contributed by atoms with Gasteiger partial charge in [0, 0.05) is 18.5 Å². The zero-order valence-corrected chi connectivity index (χ0v) is 11.5. The lowest BCUT2D eigenvalue weighted by atomic mass is 10.2. The Kier molecular flexibility index (Phi) is 4.43. The van der Waals surface area contributed by atoms with E-state index in [0.29, 0.717) is 28.2 Å². The minimum atomic E-state index is -0.347. The van der Waals surface area contributed by atoms with E-state index < -0.39 is 0 Å². The molecule has 0 radical (unpaired) electrons. The Morgan fingerprint density at radius 3 is 2.94 bits per heavy atom. The third kappa shape index (κ3) is 3.14. The van der Waals surface area contributed by atoms with Crippen molar-refractivity contribution >= 4 is 15.9 Å². The van der Waals surface area contributed by atoms with Crippen molar-refractivity contribution in [3.05, 3.63) is 34.4 Å². The van der Waals surface area contributed by atoms with Gasteiger partial charge in [-0.3, -0.25) is 0 Å². The molecule has 1 N–H and O–H groups in total. The lowest BCUT2D eigenvalue weighted by molar-refractivity contribution is 0.496. The standard InChI is InChI=1S/C12H13BrFN3O/c1-2-15-6-5-11-16-17-12(18-11)8-3-4-9(13)10(14)7-8/h3-4,7,15H,2,5-6H2,1H3. The zero-order valence-electron chi connectivity index (χ0n) is 9.91. The highest BCUT2D eigenvalue weighted by atomic mass is 79.9. The van der Waals surface area contributed by atoms with E-state index in [1.54, 1.807) is 12.1 Å². The molecule has 0 amide bonds. The van der Waals surface area contributed by atoms with Gasteiger partial charge in [-0.2, -0.15) is 0 Å². The topological polar surface area (TPSA) is 51.0 Å². The molecule has 2 aromatic rings. The largest absolute Gasteiger partial charge is 0.421 e. The first-order chi connectivity index (χ1) is 8.70. The van der Waals surface area contributed by atoms with Crippen molar-refractivity contribution in [3.8, 4) is 11.5 Å². The predicted molar refractivity (Wildman–Crippen MR) is 69.6 cm³/mol. The summed E-state index contributed by atoms with van der Waals surface area (Å²) in [7, 11) is 0. The number of benzene rings is 1. The number of rotatable bonds is 5. The van der Waals surface area contributed by atoms with Crippen LogP contribution in [0.3, 0.4) is 0 Å². The number of likely N-dealkylation sites (N-methyl/N-ethyl adjacent to an activating group) is 1. The van der Waals surface area contributed by atoms with Crippen molar-refractivity contribution in [3.63, 3.8) is 0 Å². The van der Waals surface area contributed by atoms with Crippen LogP contribution in [0.25, 0.3) is 11.5 Å². The highest BCUT2D eigenvalue weighted by Crippen LogP contribution is 2.23. The maximum absolute atomic E-state index is 13.4. The summed E-state index contributed by atoms with van der Waals surface area (Å²) in [5.41, 5.74) is 0.581. The summed E-state index contributed by atoms with van der Waals surface area (Å²) in [5.74, 6) is 0.544. The second-order valence-electron chi connectivity index (χ2n) is 3.73. The van der Waals surface area contributed by atoms with Crippen molar-refractivity contribution in [1.82, 2.24) is 15.5 Å². The number of nitrogens with one attached hydrogen (secondary N) is 1. The number of hydrogen-bond donors (Lipinski definition) is 1. The summed E-state index contributed by atoms with van der Waals surface area (Å²) in [4.78, 5) is 0. The summed E-state index contributed by atoms with van der Waals surface area (Å²) in [6.07, 6.45) is 0.667. The Hall–Kier alpha value is -1.27. The molecule has 18 heavy (non-hydrogen) atoms. The third-order valence-corrected chi connectivity index (χ3v) is 3.04. The van der Waals surface area contributed by atoms with Gasteiger partial charge in [0.05, 0.1) is 4.47 Å². The molecule has 0 unspecified atom stereocenters. The quantitative estimate of drug-likeness (QED) is 0.862. The van der Waals surface area contributed by atoms with Crippen LogP contribution in [0.2, 0.25) is 0 Å². The number of halogens is 2. The molecule has 0 aliphatic rings. The molecule has 0 aliphatic carbocycles. The molecule has 0 bridgehead atoms. The second-order valence-corrected chi connectivity index (χ2v) is 4.59. The highest BCUT2D eigenvalue weighted by Gasteiger charge is 2.10. The van der Waals surface area contributed by atoms with E-state index >= 15 is 0 Å². The van der Waals surface area contributed by atoms with E-state index in [-0.39, 0.29) is 5.82 Å². The van der Waals surface area contributed by atoms with E-state index in [4.69, 9.17) is 4.42 Å². The van der Waals surface area contributed by atoms with Crippen molar-refractivity contribution in [2.45, 2.75) is 13.3 Å². The molecule has 0 saturated carbocycles. The van der Waals surface area contributed by atoms with Crippen LogP contribution in [0.15, 0.2) is 27.1 Å². The minimum Gasteiger partial charge on any atom is -0.421 e. The van der Waals surface area contributed by atoms with Gasteiger partial charge in [0.15, 0.2) is 0 Å². The van der Waals surface area contributed by atoms with Crippen LogP contribution in [0, 0.1) is 5.82 Å². The Morgan fingerprint density at radius 1 is 1.39 bits per heavy atom. The van der Waals surface area contributed by atoms with Gasteiger partial charge in [-0.15, -0.1) is 10.2 Å². The van der Waals surface area contributed by atoms with Gasteiger partial charge in [0.1, 0.15) is 5.82 Å². The molecule has 1 aromatic carbocycles. The fourth-order valence-corrected chi connectivity index (χ4v) is 1.72. The van der Waals surface area contributed by atoms with Gasteiger partial charge >= 0.3 is 0 Å². The van der Waals surface area contributed by atoms with Crippen molar-refractivity contribution in [1.29, 1.82) is 0 Å². The molecule has 4 nitrogen and oxygen atoms in total. The summed E-state index contributed by atoms with van der Waals surface area (Å²) < 4.78 is 19.3. The first-order valence-electron chi connectivity index (χ1n) is 5.69. The smallest absolute Gasteiger partial charge is 0.247 e. The Labute approximate surface area is 113 Å². The van der Waals surface area contributed by atoms with Gasteiger partial charge in [-0.25, -0.2) is 4.39 Å². The molecule has 0 fully saturated rings. The van der Waals surface area contributed by atoms with Crippen LogP contribution in [0.4, 0.5) is 4.39 Å². The van der Waals surface area contributed by atoms with E-state index in [9.17, 15) is 4.39 Å². The van der Waals surface area contributed by atoms with Gasteiger partial charge in [0.25, 0.3) is 0 Å². The molecule has 2 rings (SSSR count). The Bertz CT molecular complexity index is 530. The lowest BCUT2D eigenvalue weighted by Gasteiger charge is -1.98. The van der Waals surface area contributed by atoms with Crippen LogP contribution in [0.5, 0.6) is 0 Å². The number of nitrogens with zero attached hydrogens (tertiary/aromatic N) is 2. The van der Waals surface area contributed by atoms with E-state index in [1.165, 1.54) is 6.07 Å². The van der Waals surface area contributed by atoms with Gasteiger partial charge < -0.3 is 9.73 Å². The van der Waals surface area contributed by atoms with E-state index in [0.717, 1.165) is 13.1 Å². The van der Waals surface area contributed by atoms with Crippen LogP contribution in [-0.4, -0.2) is 23.3 Å². The normalized spacial score (nSPS) is 10.8. The maximum atomic E-state index is 13.4. The van der Waals surface area contributed by atoms with Gasteiger partial charge in [0.2, 0.25) is 11.8 Å². The maximum Gasteiger partial charge on any atom is 0.247 e. The van der Waals surface area contributed by atoms with Crippen molar-refractivity contribution < 1.29 is 8.81 Å². The summed E-state index contributed by atoms with van der Waals surface area (Å²) >= 11 is 3.10. The average Bonchev–Trinajstić information content (AvgIpc) is 2.82. The third-order valence-electron chi connectivity index (χ3n) is 2.40. The molecule has 0 aliphatic heterocycles. The summed E-state index contributed by atoms with van der Waals surface area (Å²) in [6.45, 7) is 3.72. The van der Waals surface area contributed by atoms with Crippen LogP contribution in [0.1, 0.15) is 12.8 Å². The van der Waals surface area contributed by atoms with Crippen LogP contribution in [-0.2, 0) is 6.42 Å². The minimum absolute atomic E-state index is 0.341. The predicted octanol–water partition coefficient (Wildman–Crippen LogP) is 2.79. The molecule has 1 heterocycles. The molecule has 1 aromatic heterocycles. The molecule has 0 spiro atoms. The molecular formula is C12H13BrFN3O. The molecule has 6 heteroatoms. The van der Waals surface area contributed by atoms with Gasteiger partial charge in [-0.05, 0) is 40.7 Å². The van der Waals surface area contributed by atoms with E-state index in [1.807, 2.05) is 6.92 Å². The molecule has 0 atom stereocenters. The number of aromatic nitrogens is 2. The molecule has 0 saturated heterocycles. The zero-order chi connectivity index (χ0) is 13.0. The fraction of sp³-hybridized carbons (Fsp3) is 0.333. The monoisotopic (exact) mass is 313 g/mol. The van der Waals surface area contributed by atoms with Crippen LogP contribution < -0.4 is 5.32 Å².